The van der Waals surface area contributed by atoms with Gasteiger partial charge in [0.05, 0.1) is 0 Å². The predicted molar refractivity (Wildman–Crippen MR) is 229 cm³/mol. The van der Waals surface area contributed by atoms with E-state index in [1.54, 1.807) is 24.3 Å². The molecule has 0 unspecified atom stereocenters. The van der Waals surface area contributed by atoms with E-state index in [9.17, 15) is 40.9 Å². The summed E-state index contributed by atoms with van der Waals surface area (Å²) in [4.78, 5) is 0. The van der Waals surface area contributed by atoms with Gasteiger partial charge in [0.25, 0.3) is 0 Å². The van der Waals surface area contributed by atoms with Gasteiger partial charge in [0.2, 0.25) is 0 Å². The number of aromatic hydroxyl groups is 8. The Morgan fingerprint density at radius 1 is 0.200 bits per heavy atom. The van der Waals surface area contributed by atoms with Gasteiger partial charge < -0.3 is 40.9 Å². The topological polar surface area (TPSA) is 162 Å². The van der Waals surface area contributed by atoms with Gasteiger partial charge in [-0.25, -0.2) is 0 Å². The van der Waals surface area contributed by atoms with Crippen LogP contribution in [0.1, 0.15) is 90.4 Å². The highest BCUT2D eigenvalue weighted by molar-refractivity contribution is 5.67. The quantitative estimate of drug-likeness (QED) is 0.0874. The molecular formula is C52H40O8. The summed E-state index contributed by atoms with van der Waals surface area (Å²) in [6, 6.07) is 48.5. The van der Waals surface area contributed by atoms with Gasteiger partial charge in [0, 0.05) is 92.4 Å². The van der Waals surface area contributed by atoms with Crippen molar-refractivity contribution in [3.05, 3.63) is 237 Å². The molecule has 0 atom stereocenters. The first-order valence-electron chi connectivity index (χ1n) is 19.5. The fraction of sp³-hybridized carbons (Fsp3) is 0.0769. The second-order valence-corrected chi connectivity index (χ2v) is 15.3. The minimum Gasteiger partial charge on any atom is -0.507 e. The van der Waals surface area contributed by atoms with E-state index in [1.165, 1.54) is 24.3 Å². The van der Waals surface area contributed by atoms with Crippen LogP contribution in [0.5, 0.6) is 46.0 Å². The summed E-state index contributed by atoms with van der Waals surface area (Å²) < 4.78 is 0. The molecule has 0 amide bonds. The third-order valence-corrected chi connectivity index (χ3v) is 11.7. The van der Waals surface area contributed by atoms with E-state index in [0.717, 1.165) is 0 Å². The number of phenols is 8. The van der Waals surface area contributed by atoms with E-state index in [-0.39, 0.29) is 46.0 Å². The van der Waals surface area contributed by atoms with Crippen LogP contribution >= 0.6 is 0 Å². The first-order valence-corrected chi connectivity index (χ1v) is 19.5. The average molecular weight is 793 g/mol. The van der Waals surface area contributed by atoms with Gasteiger partial charge >= 0.3 is 0 Å². The minimum atomic E-state index is -0.888. The SMILES string of the molecule is Oc1cc(O)c2cc1C(c1ccccc1)c1cc(c(O)cc1O)C(c1ccccc1)c1cc(c(O)cc1O)C(c1ccccc1)c1cc(c(O)cc1O)C2c1ccccc1. The Balaban J connectivity index is 1.47. The van der Waals surface area contributed by atoms with E-state index in [4.69, 9.17) is 0 Å². The maximum Gasteiger partial charge on any atom is 0.123 e. The lowest BCUT2D eigenvalue weighted by atomic mass is 9.75. The molecule has 60 heavy (non-hydrogen) atoms. The molecule has 0 spiro atoms. The van der Waals surface area contributed by atoms with E-state index >= 15 is 0 Å². The van der Waals surface area contributed by atoms with Crippen molar-refractivity contribution in [2.45, 2.75) is 23.7 Å². The van der Waals surface area contributed by atoms with Crippen molar-refractivity contribution in [1.82, 2.24) is 0 Å². The standard InChI is InChI=1S/C52H40O8/c53-41-25-43(55)35-21-33(41)49(29-13-5-1-6-14-29)34-22-36(44(56)26-42(34)54)51(31-17-9-3-10-18-31)38-24-40(48(60)28-46(38)58)52(32-19-11-4-12-20-32)39-23-37(45(57)27-47(39)59)50(35)30-15-7-2-8-16-30/h1-28,49-60H. The number of hydrogen-bond acceptors (Lipinski definition) is 8. The van der Waals surface area contributed by atoms with Crippen LogP contribution in [0, 0.1) is 0 Å². The van der Waals surface area contributed by atoms with E-state index in [0.29, 0.717) is 66.8 Å². The normalized spacial score (nSPS) is 17.2. The summed E-state index contributed by atoms with van der Waals surface area (Å²) in [5.74, 6) is -5.72. The molecule has 0 saturated heterocycles. The Hall–Kier alpha value is -7.84. The Morgan fingerprint density at radius 3 is 0.500 bits per heavy atom. The van der Waals surface area contributed by atoms with Gasteiger partial charge in [-0.05, 0) is 46.5 Å². The Morgan fingerprint density at radius 2 is 0.350 bits per heavy atom. The maximum absolute atomic E-state index is 11.8. The summed E-state index contributed by atoms with van der Waals surface area (Å²) in [5.41, 5.74) is 5.12. The van der Waals surface area contributed by atoms with Crippen molar-refractivity contribution in [2.75, 3.05) is 0 Å². The molecule has 0 radical (unpaired) electrons. The molecule has 8 bridgehead atoms. The smallest absolute Gasteiger partial charge is 0.123 e. The first kappa shape index (κ1) is 37.7. The van der Waals surface area contributed by atoms with Gasteiger partial charge in [-0.2, -0.15) is 0 Å². The zero-order chi connectivity index (χ0) is 41.7. The van der Waals surface area contributed by atoms with Crippen LogP contribution in [0.25, 0.3) is 0 Å². The van der Waals surface area contributed by atoms with Crippen molar-refractivity contribution in [3.8, 4) is 46.0 Å². The summed E-state index contributed by atoms with van der Waals surface area (Å²) in [6.45, 7) is 0. The fourth-order valence-electron chi connectivity index (χ4n) is 8.98. The average Bonchev–Trinajstić information content (AvgIpc) is 3.25. The summed E-state index contributed by atoms with van der Waals surface area (Å²) in [6.07, 6.45) is 0. The molecule has 1 aliphatic rings. The van der Waals surface area contributed by atoms with Gasteiger partial charge in [-0.3, -0.25) is 0 Å². The molecule has 8 heteroatoms. The molecule has 0 aromatic heterocycles. The third kappa shape index (κ3) is 6.54. The lowest BCUT2D eigenvalue weighted by Crippen LogP contribution is -2.13. The van der Waals surface area contributed by atoms with E-state index in [2.05, 4.69) is 0 Å². The summed E-state index contributed by atoms with van der Waals surface area (Å²) in [7, 11) is 0. The first-order chi connectivity index (χ1) is 29.1. The van der Waals surface area contributed by atoms with Gasteiger partial charge in [0.15, 0.2) is 0 Å². The second-order valence-electron chi connectivity index (χ2n) is 15.3. The molecular weight excluding hydrogens is 753 g/mol. The number of fused-ring (bicyclic) bond motifs is 8. The van der Waals surface area contributed by atoms with Crippen LogP contribution in [0.3, 0.4) is 0 Å². The molecule has 8 aromatic rings. The fourth-order valence-corrected chi connectivity index (χ4v) is 8.98. The highest BCUT2D eigenvalue weighted by atomic mass is 16.3. The molecule has 8 nitrogen and oxygen atoms in total. The predicted octanol–water partition coefficient (Wildman–Crippen LogP) is 10.4. The Labute approximate surface area is 346 Å². The van der Waals surface area contributed by atoms with Crippen molar-refractivity contribution >= 4 is 0 Å². The number of rotatable bonds is 4. The molecule has 0 aliphatic heterocycles. The van der Waals surface area contributed by atoms with Crippen LogP contribution in [0.2, 0.25) is 0 Å². The van der Waals surface area contributed by atoms with Crippen molar-refractivity contribution < 1.29 is 40.9 Å². The van der Waals surface area contributed by atoms with Crippen LogP contribution < -0.4 is 0 Å². The van der Waals surface area contributed by atoms with E-state index in [1.807, 2.05) is 121 Å². The summed E-state index contributed by atoms with van der Waals surface area (Å²) in [5, 5.41) is 94.8. The van der Waals surface area contributed by atoms with Gasteiger partial charge in [0.1, 0.15) is 46.0 Å². The lowest BCUT2D eigenvalue weighted by Gasteiger charge is -2.29. The second kappa shape index (κ2) is 15.2. The highest BCUT2D eigenvalue weighted by Gasteiger charge is 2.35. The molecule has 0 heterocycles. The third-order valence-electron chi connectivity index (χ3n) is 11.7. The molecule has 296 valence electrons. The zero-order valence-electron chi connectivity index (χ0n) is 32.1. The molecule has 1 aliphatic carbocycles. The van der Waals surface area contributed by atoms with Crippen molar-refractivity contribution in [2.24, 2.45) is 0 Å². The molecule has 8 N–H and O–H groups in total. The van der Waals surface area contributed by atoms with Crippen molar-refractivity contribution in [3.63, 3.8) is 0 Å². The Bertz CT molecular complexity index is 2370. The van der Waals surface area contributed by atoms with Gasteiger partial charge in [-0.1, -0.05) is 121 Å². The van der Waals surface area contributed by atoms with Gasteiger partial charge in [-0.15, -0.1) is 0 Å². The van der Waals surface area contributed by atoms with Crippen LogP contribution in [0.4, 0.5) is 0 Å². The zero-order valence-corrected chi connectivity index (χ0v) is 32.1. The van der Waals surface area contributed by atoms with Crippen molar-refractivity contribution in [1.29, 1.82) is 0 Å². The summed E-state index contributed by atoms with van der Waals surface area (Å²) >= 11 is 0. The minimum absolute atomic E-state index is 0.271. The molecule has 0 saturated carbocycles. The van der Waals surface area contributed by atoms with Crippen LogP contribution in [-0.2, 0) is 0 Å². The molecule has 9 rings (SSSR count). The lowest BCUT2D eigenvalue weighted by molar-refractivity contribution is 0.431. The molecule has 0 fully saturated rings. The number of phenolic OH excluding ortho intramolecular Hbond substituents is 8. The maximum atomic E-state index is 11.8. The number of benzene rings is 8. The van der Waals surface area contributed by atoms with Crippen LogP contribution in [0.15, 0.2) is 170 Å². The monoisotopic (exact) mass is 792 g/mol. The highest BCUT2D eigenvalue weighted by Crippen LogP contribution is 2.53. The Kier molecular flexibility index (Phi) is 9.53. The van der Waals surface area contributed by atoms with Crippen LogP contribution in [-0.4, -0.2) is 40.9 Å². The van der Waals surface area contributed by atoms with E-state index < -0.39 is 23.7 Å². The number of hydrogen-bond donors (Lipinski definition) is 8. The molecule has 8 aromatic carbocycles. The largest absolute Gasteiger partial charge is 0.507 e.